The van der Waals surface area contributed by atoms with Gasteiger partial charge in [-0.05, 0) is 37.3 Å². The van der Waals surface area contributed by atoms with Crippen LogP contribution in [-0.4, -0.2) is 42.0 Å². The highest BCUT2D eigenvalue weighted by molar-refractivity contribution is 5.85. The van der Waals surface area contributed by atoms with E-state index in [0.717, 1.165) is 26.1 Å². The average molecular weight is 326 g/mol. The predicted molar refractivity (Wildman–Crippen MR) is 93.9 cm³/mol. The lowest BCUT2D eigenvalue weighted by Crippen LogP contribution is -2.49. The molecular weight excluding hydrogens is 300 g/mol. The van der Waals surface area contributed by atoms with Gasteiger partial charge in [-0.25, -0.2) is 0 Å². The van der Waals surface area contributed by atoms with E-state index in [1.54, 1.807) is 0 Å². The zero-order chi connectivity index (χ0) is 16.1. The second kappa shape index (κ2) is 5.87. The van der Waals surface area contributed by atoms with Crippen molar-refractivity contribution in [2.24, 2.45) is 5.92 Å². The van der Waals surface area contributed by atoms with Crippen LogP contribution in [0.25, 0.3) is 10.9 Å². The summed E-state index contributed by atoms with van der Waals surface area (Å²) in [5.41, 5.74) is 4.27. The van der Waals surface area contributed by atoms with Crippen molar-refractivity contribution in [2.75, 3.05) is 19.8 Å². The Morgan fingerprint density at radius 2 is 2.00 bits per heavy atom. The van der Waals surface area contributed by atoms with E-state index in [9.17, 15) is 0 Å². The number of benzene rings is 1. The topological polar surface area (TPSA) is 37.5 Å². The van der Waals surface area contributed by atoms with Gasteiger partial charge < -0.3 is 14.5 Å². The minimum Gasteiger partial charge on any atom is -0.357 e. The summed E-state index contributed by atoms with van der Waals surface area (Å²) in [6, 6.07) is 9.88. The molecule has 1 aromatic carbocycles. The summed E-state index contributed by atoms with van der Waals surface area (Å²) < 4.78 is 11.7. The Balaban J connectivity index is 1.53. The number of H-pyrrole nitrogens is 1. The van der Waals surface area contributed by atoms with Crippen LogP contribution in [0.2, 0.25) is 0 Å². The first kappa shape index (κ1) is 14.9. The maximum absolute atomic E-state index is 5.86. The molecule has 0 aliphatic carbocycles. The molecule has 4 nitrogen and oxygen atoms in total. The van der Waals surface area contributed by atoms with E-state index in [1.165, 1.54) is 41.5 Å². The second-order valence-corrected chi connectivity index (χ2v) is 7.47. The zero-order valence-electron chi connectivity index (χ0n) is 14.3. The minimum absolute atomic E-state index is 0.0101. The number of rotatable bonds is 2. The third-order valence-corrected chi connectivity index (χ3v) is 6.27. The lowest BCUT2D eigenvalue weighted by molar-refractivity contribution is -0.116. The summed E-state index contributed by atoms with van der Waals surface area (Å²) in [4.78, 5) is 6.49. The lowest BCUT2D eigenvalue weighted by atomic mass is 9.80. The van der Waals surface area contributed by atoms with E-state index < -0.39 is 0 Å². The molecule has 0 amide bonds. The molecule has 3 aliphatic rings. The van der Waals surface area contributed by atoms with E-state index in [1.807, 2.05) is 0 Å². The van der Waals surface area contributed by atoms with E-state index in [0.29, 0.717) is 18.0 Å². The van der Waals surface area contributed by atoms with Gasteiger partial charge in [0, 0.05) is 35.1 Å². The van der Waals surface area contributed by atoms with Gasteiger partial charge >= 0.3 is 0 Å². The van der Waals surface area contributed by atoms with E-state index in [-0.39, 0.29) is 6.29 Å². The van der Waals surface area contributed by atoms with Crippen LogP contribution in [0.3, 0.4) is 0 Å². The zero-order valence-corrected chi connectivity index (χ0v) is 14.3. The number of nitrogens with one attached hydrogen (secondary N) is 1. The van der Waals surface area contributed by atoms with Crippen molar-refractivity contribution < 1.29 is 9.47 Å². The molecule has 24 heavy (non-hydrogen) atoms. The molecule has 0 unspecified atom stereocenters. The number of hydrogen-bond donors (Lipinski definition) is 1. The number of para-hydroxylation sites is 1. The highest BCUT2D eigenvalue weighted by Crippen LogP contribution is 2.45. The van der Waals surface area contributed by atoms with Crippen LogP contribution in [0.15, 0.2) is 24.3 Å². The van der Waals surface area contributed by atoms with Crippen molar-refractivity contribution in [1.29, 1.82) is 0 Å². The Kier molecular flexibility index (Phi) is 3.65. The van der Waals surface area contributed by atoms with Crippen LogP contribution in [0.1, 0.15) is 43.5 Å². The summed E-state index contributed by atoms with van der Waals surface area (Å²) in [5.74, 6) is 0.510. The average Bonchev–Trinajstić information content (AvgIpc) is 3.28. The van der Waals surface area contributed by atoms with Crippen molar-refractivity contribution >= 4 is 10.9 Å². The van der Waals surface area contributed by atoms with E-state index in [4.69, 9.17) is 9.47 Å². The Morgan fingerprint density at radius 3 is 2.83 bits per heavy atom. The van der Waals surface area contributed by atoms with Crippen molar-refractivity contribution in [3.05, 3.63) is 35.5 Å². The smallest absolute Gasteiger partial charge is 0.160 e. The SMILES string of the molecule is CC[C@@H]1C[C@H](C2OCCO2)C[C@H]2c3[nH]c4ccccc4c3CCN12. The summed E-state index contributed by atoms with van der Waals surface area (Å²) in [5, 5.41) is 1.41. The highest BCUT2D eigenvalue weighted by atomic mass is 16.7. The molecule has 2 fully saturated rings. The molecule has 0 bridgehead atoms. The quantitative estimate of drug-likeness (QED) is 0.916. The summed E-state index contributed by atoms with van der Waals surface area (Å²) in [6.45, 7) is 5.01. The Morgan fingerprint density at radius 1 is 1.17 bits per heavy atom. The van der Waals surface area contributed by atoms with Crippen molar-refractivity contribution in [3.63, 3.8) is 0 Å². The first-order chi connectivity index (χ1) is 11.8. The summed E-state index contributed by atoms with van der Waals surface area (Å²) >= 11 is 0. The van der Waals surface area contributed by atoms with Gasteiger partial charge in [0.1, 0.15) is 0 Å². The van der Waals surface area contributed by atoms with E-state index >= 15 is 0 Å². The molecule has 0 saturated carbocycles. The van der Waals surface area contributed by atoms with Crippen LogP contribution >= 0.6 is 0 Å². The Labute approximate surface area is 143 Å². The number of piperidine rings is 1. The summed E-state index contributed by atoms with van der Waals surface area (Å²) in [7, 11) is 0. The fraction of sp³-hybridized carbons (Fsp3) is 0.600. The first-order valence-electron chi connectivity index (χ1n) is 9.43. The molecule has 4 heteroatoms. The third kappa shape index (κ3) is 2.24. The molecule has 0 spiro atoms. The van der Waals surface area contributed by atoms with Gasteiger partial charge in [-0.1, -0.05) is 25.1 Å². The Hall–Kier alpha value is -1.36. The lowest BCUT2D eigenvalue weighted by Gasteiger charge is -2.48. The normalized spacial score (nSPS) is 31.3. The molecule has 128 valence electrons. The molecular formula is C20H26N2O2. The minimum atomic E-state index is 0.0101. The molecule has 5 rings (SSSR count). The first-order valence-corrected chi connectivity index (χ1v) is 9.43. The third-order valence-electron chi connectivity index (χ3n) is 6.27. The number of aromatic amines is 1. The van der Waals surface area contributed by atoms with Crippen LogP contribution in [0.5, 0.6) is 0 Å². The van der Waals surface area contributed by atoms with Crippen LogP contribution in [0.4, 0.5) is 0 Å². The van der Waals surface area contributed by atoms with Crippen molar-refractivity contribution in [3.8, 4) is 0 Å². The molecule has 1 aromatic heterocycles. The maximum atomic E-state index is 5.86. The number of hydrogen-bond acceptors (Lipinski definition) is 3. The van der Waals surface area contributed by atoms with Crippen LogP contribution < -0.4 is 0 Å². The molecule has 2 aromatic rings. The standard InChI is InChI=1S/C20H26N2O2/c1-2-14-11-13(20-23-9-10-24-20)12-18-19-16(7-8-22(14)18)15-5-3-4-6-17(15)21-19/h3-6,13-14,18,20-21H,2,7-12H2,1H3/t13-,14+,18-/m0/s1. The van der Waals surface area contributed by atoms with Gasteiger partial charge in [0.25, 0.3) is 0 Å². The van der Waals surface area contributed by atoms with Crippen LogP contribution in [-0.2, 0) is 15.9 Å². The number of aromatic nitrogens is 1. The molecule has 2 saturated heterocycles. The summed E-state index contributed by atoms with van der Waals surface area (Å²) in [6.07, 6.45) is 4.72. The van der Waals surface area contributed by atoms with Gasteiger partial charge in [0.15, 0.2) is 6.29 Å². The molecule has 3 aliphatic heterocycles. The van der Waals surface area contributed by atoms with Gasteiger partial charge in [0.05, 0.1) is 19.3 Å². The van der Waals surface area contributed by atoms with Gasteiger partial charge in [-0.15, -0.1) is 0 Å². The van der Waals surface area contributed by atoms with Crippen molar-refractivity contribution in [2.45, 2.75) is 51.0 Å². The number of nitrogens with zero attached hydrogens (tertiary/aromatic N) is 1. The largest absolute Gasteiger partial charge is 0.357 e. The number of ether oxygens (including phenoxy) is 2. The number of fused-ring (bicyclic) bond motifs is 5. The van der Waals surface area contributed by atoms with Gasteiger partial charge in [0.2, 0.25) is 0 Å². The predicted octanol–water partition coefficient (Wildman–Crippen LogP) is 3.63. The fourth-order valence-electron chi connectivity index (χ4n) is 5.17. The van der Waals surface area contributed by atoms with Gasteiger partial charge in [-0.3, -0.25) is 4.90 Å². The Bertz CT molecular complexity index is 734. The van der Waals surface area contributed by atoms with Crippen molar-refractivity contribution in [1.82, 2.24) is 9.88 Å². The highest BCUT2D eigenvalue weighted by Gasteiger charge is 2.43. The molecule has 4 heterocycles. The fourth-order valence-corrected chi connectivity index (χ4v) is 5.17. The van der Waals surface area contributed by atoms with Crippen LogP contribution in [0, 0.1) is 5.92 Å². The molecule has 1 N–H and O–H groups in total. The van der Waals surface area contributed by atoms with Gasteiger partial charge in [-0.2, -0.15) is 0 Å². The maximum Gasteiger partial charge on any atom is 0.160 e. The second-order valence-electron chi connectivity index (χ2n) is 7.47. The monoisotopic (exact) mass is 326 g/mol. The van der Waals surface area contributed by atoms with E-state index in [2.05, 4.69) is 41.1 Å². The molecule has 3 atom stereocenters. The molecule has 0 radical (unpaired) electrons.